The van der Waals surface area contributed by atoms with Crippen LogP contribution >= 0.6 is 0 Å². The molecule has 1 fully saturated rings. The van der Waals surface area contributed by atoms with E-state index in [1.807, 2.05) is 6.92 Å². The lowest BCUT2D eigenvalue weighted by atomic mass is 9.99. The first kappa shape index (κ1) is 12.7. The van der Waals surface area contributed by atoms with Gasteiger partial charge in [0.05, 0.1) is 11.5 Å². The molecular formula is C13H17N3O2. The minimum atomic E-state index is -0.377. The van der Waals surface area contributed by atoms with Gasteiger partial charge in [-0.3, -0.25) is 19.9 Å². The summed E-state index contributed by atoms with van der Waals surface area (Å²) in [5.74, 6) is -0.688. The van der Waals surface area contributed by atoms with Crippen molar-refractivity contribution in [3.05, 3.63) is 29.6 Å². The van der Waals surface area contributed by atoms with Crippen molar-refractivity contribution in [2.75, 3.05) is 13.1 Å². The maximum Gasteiger partial charge on any atom is 0.259 e. The highest BCUT2D eigenvalue weighted by Gasteiger charge is 2.22. The average Bonchev–Trinajstić information content (AvgIpc) is 2.40. The van der Waals surface area contributed by atoms with Gasteiger partial charge in [0.25, 0.3) is 5.91 Å². The lowest BCUT2D eigenvalue weighted by molar-refractivity contribution is -0.124. The van der Waals surface area contributed by atoms with E-state index in [9.17, 15) is 9.59 Å². The molecule has 0 bridgehead atoms. The Morgan fingerprint density at radius 3 is 2.89 bits per heavy atom. The maximum absolute atomic E-state index is 11.9. The first-order valence-corrected chi connectivity index (χ1v) is 6.15. The predicted octanol–water partition coefficient (Wildman–Crippen LogP) is 0.646. The monoisotopic (exact) mass is 247 g/mol. The lowest BCUT2D eigenvalue weighted by Crippen LogP contribution is -2.42. The van der Waals surface area contributed by atoms with Crippen LogP contribution in [0.25, 0.3) is 0 Å². The SMILES string of the molecule is Cc1ccc(C(=O)NC(=O)C2CCCNC2)cn1. The van der Waals surface area contributed by atoms with Crippen molar-refractivity contribution in [3.63, 3.8) is 0 Å². The molecule has 5 nitrogen and oxygen atoms in total. The van der Waals surface area contributed by atoms with Gasteiger partial charge in [-0.05, 0) is 38.4 Å². The number of aromatic nitrogens is 1. The van der Waals surface area contributed by atoms with E-state index < -0.39 is 0 Å². The molecule has 0 radical (unpaired) electrons. The number of piperidine rings is 1. The Labute approximate surface area is 106 Å². The predicted molar refractivity (Wildman–Crippen MR) is 67.0 cm³/mol. The summed E-state index contributed by atoms with van der Waals surface area (Å²) in [6.07, 6.45) is 3.29. The number of carbonyl (C=O) groups excluding carboxylic acids is 2. The van der Waals surface area contributed by atoms with E-state index in [-0.39, 0.29) is 17.7 Å². The van der Waals surface area contributed by atoms with Gasteiger partial charge in [-0.15, -0.1) is 0 Å². The minimum Gasteiger partial charge on any atom is -0.316 e. The molecule has 0 aliphatic carbocycles. The van der Waals surface area contributed by atoms with Crippen LogP contribution in [0.5, 0.6) is 0 Å². The first-order chi connectivity index (χ1) is 8.66. The van der Waals surface area contributed by atoms with Gasteiger partial charge in [-0.1, -0.05) is 0 Å². The molecule has 1 atom stereocenters. The number of aryl methyl sites for hydroxylation is 1. The number of nitrogens with zero attached hydrogens (tertiary/aromatic N) is 1. The summed E-state index contributed by atoms with van der Waals surface area (Å²) in [5.41, 5.74) is 1.26. The Kier molecular flexibility index (Phi) is 4.04. The van der Waals surface area contributed by atoms with Crippen LogP contribution in [0.4, 0.5) is 0 Å². The number of amides is 2. The Balaban J connectivity index is 1.94. The summed E-state index contributed by atoms with van der Waals surface area (Å²) in [6, 6.07) is 3.42. The normalized spacial score (nSPS) is 19.3. The van der Waals surface area contributed by atoms with E-state index in [0.29, 0.717) is 12.1 Å². The topological polar surface area (TPSA) is 71.1 Å². The van der Waals surface area contributed by atoms with Crippen molar-refractivity contribution < 1.29 is 9.59 Å². The van der Waals surface area contributed by atoms with E-state index in [0.717, 1.165) is 25.1 Å². The van der Waals surface area contributed by atoms with Crippen molar-refractivity contribution in [1.29, 1.82) is 0 Å². The van der Waals surface area contributed by atoms with Crippen LogP contribution in [0, 0.1) is 12.8 Å². The van der Waals surface area contributed by atoms with Crippen LogP contribution in [-0.4, -0.2) is 29.9 Å². The molecule has 1 aromatic heterocycles. The minimum absolute atomic E-state index is 0.110. The van der Waals surface area contributed by atoms with E-state index >= 15 is 0 Å². The molecule has 0 aromatic carbocycles. The first-order valence-electron chi connectivity index (χ1n) is 6.15. The standard InChI is InChI=1S/C13H17N3O2/c1-9-4-5-11(8-15-9)13(18)16-12(17)10-3-2-6-14-7-10/h4-5,8,10,14H,2-3,6-7H2,1H3,(H,16,17,18). The summed E-state index contributed by atoms with van der Waals surface area (Å²) in [5, 5.41) is 5.58. The van der Waals surface area contributed by atoms with Gasteiger partial charge in [-0.2, -0.15) is 0 Å². The fourth-order valence-electron chi connectivity index (χ4n) is 1.96. The van der Waals surface area contributed by atoms with E-state index in [1.165, 1.54) is 6.20 Å². The Bertz CT molecular complexity index is 436. The summed E-state index contributed by atoms with van der Waals surface area (Å²) >= 11 is 0. The molecule has 2 heterocycles. The third kappa shape index (κ3) is 3.13. The van der Waals surface area contributed by atoms with Gasteiger partial charge < -0.3 is 5.32 Å². The van der Waals surface area contributed by atoms with Crippen LogP contribution in [0.3, 0.4) is 0 Å². The molecule has 0 saturated carbocycles. The number of carbonyl (C=O) groups is 2. The molecule has 1 saturated heterocycles. The molecule has 1 aliphatic heterocycles. The highest BCUT2D eigenvalue weighted by Crippen LogP contribution is 2.10. The zero-order chi connectivity index (χ0) is 13.0. The van der Waals surface area contributed by atoms with Gasteiger partial charge >= 0.3 is 0 Å². The fourth-order valence-corrected chi connectivity index (χ4v) is 1.96. The highest BCUT2D eigenvalue weighted by atomic mass is 16.2. The molecule has 18 heavy (non-hydrogen) atoms. The molecular weight excluding hydrogens is 230 g/mol. The number of pyridine rings is 1. The summed E-state index contributed by atoms with van der Waals surface area (Å²) < 4.78 is 0. The van der Waals surface area contributed by atoms with Gasteiger partial charge in [0.1, 0.15) is 0 Å². The fraction of sp³-hybridized carbons (Fsp3) is 0.462. The van der Waals surface area contributed by atoms with Crippen LogP contribution in [-0.2, 0) is 4.79 Å². The number of hydrogen-bond donors (Lipinski definition) is 2. The highest BCUT2D eigenvalue weighted by molar-refractivity contribution is 6.05. The summed E-state index contributed by atoms with van der Waals surface area (Å²) in [6.45, 7) is 3.44. The lowest BCUT2D eigenvalue weighted by Gasteiger charge is -2.21. The van der Waals surface area contributed by atoms with Crippen molar-refractivity contribution in [2.24, 2.45) is 5.92 Å². The van der Waals surface area contributed by atoms with Crippen LogP contribution in [0.2, 0.25) is 0 Å². The third-order valence-corrected chi connectivity index (χ3v) is 3.08. The quantitative estimate of drug-likeness (QED) is 0.753. The van der Waals surface area contributed by atoms with E-state index in [4.69, 9.17) is 0 Å². The average molecular weight is 247 g/mol. The molecule has 0 spiro atoms. The second-order valence-electron chi connectivity index (χ2n) is 4.55. The number of rotatable bonds is 2. The Hall–Kier alpha value is -1.75. The molecule has 2 amide bonds. The van der Waals surface area contributed by atoms with Crippen molar-refractivity contribution >= 4 is 11.8 Å². The second kappa shape index (κ2) is 5.73. The Morgan fingerprint density at radius 1 is 1.44 bits per heavy atom. The maximum atomic E-state index is 11.9. The smallest absolute Gasteiger partial charge is 0.259 e. The van der Waals surface area contributed by atoms with E-state index in [1.54, 1.807) is 12.1 Å². The molecule has 96 valence electrons. The van der Waals surface area contributed by atoms with Gasteiger partial charge in [0.15, 0.2) is 0 Å². The van der Waals surface area contributed by atoms with Crippen molar-refractivity contribution in [2.45, 2.75) is 19.8 Å². The number of imide groups is 1. The van der Waals surface area contributed by atoms with Gasteiger partial charge in [0.2, 0.25) is 5.91 Å². The third-order valence-electron chi connectivity index (χ3n) is 3.08. The molecule has 2 N–H and O–H groups in total. The molecule has 1 aromatic rings. The van der Waals surface area contributed by atoms with Gasteiger partial charge in [0, 0.05) is 18.4 Å². The van der Waals surface area contributed by atoms with Crippen molar-refractivity contribution in [1.82, 2.24) is 15.6 Å². The zero-order valence-electron chi connectivity index (χ0n) is 10.4. The Morgan fingerprint density at radius 2 is 2.28 bits per heavy atom. The van der Waals surface area contributed by atoms with E-state index in [2.05, 4.69) is 15.6 Å². The van der Waals surface area contributed by atoms with Crippen LogP contribution in [0.1, 0.15) is 28.9 Å². The molecule has 2 rings (SSSR count). The second-order valence-corrected chi connectivity index (χ2v) is 4.55. The molecule has 1 aliphatic rings. The van der Waals surface area contributed by atoms with Crippen molar-refractivity contribution in [3.8, 4) is 0 Å². The summed E-state index contributed by atoms with van der Waals surface area (Å²) in [4.78, 5) is 27.7. The van der Waals surface area contributed by atoms with Crippen LogP contribution < -0.4 is 10.6 Å². The largest absolute Gasteiger partial charge is 0.316 e. The zero-order valence-corrected chi connectivity index (χ0v) is 10.4. The number of hydrogen-bond acceptors (Lipinski definition) is 4. The van der Waals surface area contributed by atoms with Crippen LogP contribution in [0.15, 0.2) is 18.3 Å². The molecule has 5 heteroatoms. The summed E-state index contributed by atoms with van der Waals surface area (Å²) in [7, 11) is 0. The number of nitrogens with one attached hydrogen (secondary N) is 2. The van der Waals surface area contributed by atoms with Gasteiger partial charge in [-0.25, -0.2) is 0 Å². The molecule has 1 unspecified atom stereocenters.